The molecule has 21 aromatic rings. The van der Waals surface area contributed by atoms with Gasteiger partial charge in [-0.05, 0) is 441 Å². The van der Waals surface area contributed by atoms with Crippen molar-refractivity contribution >= 4 is 126 Å². The second kappa shape index (κ2) is 33.1. The quantitative estimate of drug-likeness (QED) is 0.114. The van der Waals surface area contributed by atoms with Gasteiger partial charge in [0.1, 0.15) is 11.2 Å². The molecule has 2 aromatic heterocycles. The summed E-state index contributed by atoms with van der Waals surface area (Å²) in [6, 6.07) is 161. The number of hydrogen-bond acceptors (Lipinski definition) is 5. The monoisotopic (exact) mass is 1880 g/mol. The van der Waals surface area contributed by atoms with Gasteiger partial charge >= 0.3 is 0 Å². The Bertz CT molecular complexity index is 8330. The van der Waals surface area contributed by atoms with Gasteiger partial charge < -0.3 is 19.1 Å². The first-order chi connectivity index (χ1) is 71.7. The zero-order valence-corrected chi connectivity index (χ0v) is 82.5. The average Bonchev–Trinajstić information content (AvgIpc) is 1.55. The molecule has 2 heterocycles. The molecule has 0 aliphatic heterocycles. The van der Waals surface area contributed by atoms with Crippen molar-refractivity contribution in [2.75, 3.05) is 14.7 Å². The predicted octanol–water partition coefficient (Wildman–Crippen LogP) is 38.2. The molecule has 0 N–H and O–H groups in total. The number of thiophene rings is 1. The van der Waals surface area contributed by atoms with E-state index in [4.69, 9.17) is 4.42 Å². The second-order valence-electron chi connectivity index (χ2n) is 45.3. The normalized spacial score (nSPS) is 24.6. The molecule has 5 heteroatoms. The maximum atomic E-state index is 6.17. The molecule has 0 saturated heterocycles. The number of nitrogens with zero attached hydrogens (tertiary/aromatic N) is 3. The standard InChI is InChI=1S/C48H39N.C46H37NO.C46H37NS/c1-2-9-39(10-3-1)49(41-21-23-43-36(29-41)15-14-34-8-4-5-11-42(34)43)40-19-16-33(17-20-40)35-18-22-45-44-12-6-7-13-46(44)48(47(45)30-35)37-25-31-24-32(27-37)28-38(48)26-31;2*1-2-8-35(9-3-1)47(37-19-21-45-41(28-37)40-11-5-7-13-44(40)48-45)36-17-14-31(15-18-36)32-16-20-39-38-10-4-6-12-42(38)46(43(39)27-32)33-23-29-22-30(25-33)26-34(46)24-29/h1-23,29-32,37-38H,24-28H2;2*1-21,27-30,33-34H,22-26H2. The Balaban J connectivity index is 0.0000000990. The minimum atomic E-state index is 0.190. The summed E-state index contributed by atoms with van der Waals surface area (Å²) < 4.78 is 8.84. The molecule has 0 atom stereocenters. The van der Waals surface area contributed by atoms with Gasteiger partial charge in [0.15, 0.2) is 0 Å². The average molecular weight is 1890 g/mol. The molecule has 19 aromatic carbocycles. The van der Waals surface area contributed by atoms with Crippen LogP contribution in [0.25, 0.3) is 130 Å². The van der Waals surface area contributed by atoms with Crippen molar-refractivity contribution in [2.24, 2.45) is 71.0 Å². The fourth-order valence-electron chi connectivity index (χ4n) is 33.3. The van der Waals surface area contributed by atoms with E-state index in [1.54, 1.807) is 33.4 Å². The van der Waals surface area contributed by atoms with E-state index in [2.05, 4.69) is 433 Å². The molecule has 4 nitrogen and oxygen atoms in total. The minimum Gasteiger partial charge on any atom is -0.456 e. The molecule has 0 radical (unpaired) electrons. The lowest BCUT2D eigenvalue weighted by Crippen LogP contribution is -2.55. The van der Waals surface area contributed by atoms with Crippen molar-refractivity contribution in [2.45, 2.75) is 113 Å². The van der Waals surface area contributed by atoms with Crippen LogP contribution in [-0.4, -0.2) is 0 Å². The predicted molar refractivity (Wildman–Crippen MR) is 605 cm³/mol. The van der Waals surface area contributed by atoms with Gasteiger partial charge in [-0.15, -0.1) is 11.3 Å². The highest BCUT2D eigenvalue weighted by atomic mass is 32.1. The maximum absolute atomic E-state index is 6.17. The van der Waals surface area contributed by atoms with Gasteiger partial charge in [-0.25, -0.2) is 0 Å². The molecular weight excluding hydrogens is 1770 g/mol. The van der Waals surface area contributed by atoms with Crippen molar-refractivity contribution in [1.29, 1.82) is 0 Å². The first-order valence-electron chi connectivity index (χ1n) is 54.1. The zero-order chi connectivity index (χ0) is 94.9. The van der Waals surface area contributed by atoms with Gasteiger partial charge in [0.2, 0.25) is 0 Å². The van der Waals surface area contributed by atoms with Gasteiger partial charge in [0, 0.05) is 98.4 Å². The Morgan fingerprint density at radius 1 is 0.179 bits per heavy atom. The molecule has 0 unspecified atom stereocenters. The highest BCUT2D eigenvalue weighted by molar-refractivity contribution is 7.25. The minimum absolute atomic E-state index is 0.190. The van der Waals surface area contributed by atoms with E-state index in [0.717, 1.165) is 116 Å². The summed E-state index contributed by atoms with van der Waals surface area (Å²) in [6.07, 6.45) is 21.4. The SMILES string of the molecule is c1ccc(N(c2ccc(-c3ccc4c(c3)C3(c5ccccc5-4)C4CC5CC(C4)CC3C5)cc2)c2ccc3c(ccc4ccccc43)c2)cc1.c1ccc(N(c2ccc(-c3ccc4c(c3)C3(c5ccccc5-4)C4CC5CC(C4)CC3C5)cc2)c2ccc3oc4ccccc4c3c2)cc1.c1ccc(N(c2ccc(-c3ccc4c(c3)C3(c5ccccc5-4)C4CC5CC(C4)CC3C5)cc2)c2ccc3sc4ccccc4c3c2)cc1. The molecule has 15 aliphatic carbocycles. The summed E-state index contributed by atoms with van der Waals surface area (Å²) in [5.41, 5.74) is 39.4. The lowest BCUT2D eigenvalue weighted by molar-refractivity contribution is -0.0399. The van der Waals surface area contributed by atoms with Crippen LogP contribution in [0.15, 0.2) is 435 Å². The molecule has 0 amide bonds. The molecule has 12 bridgehead atoms. The van der Waals surface area contributed by atoms with Crippen molar-refractivity contribution in [1.82, 2.24) is 0 Å². The molecule has 700 valence electrons. The van der Waals surface area contributed by atoms with Gasteiger partial charge in [0.05, 0.1) is 0 Å². The van der Waals surface area contributed by atoms with E-state index in [0.29, 0.717) is 0 Å². The number of para-hydroxylation sites is 4. The van der Waals surface area contributed by atoms with Crippen molar-refractivity contribution < 1.29 is 4.42 Å². The van der Waals surface area contributed by atoms with Crippen LogP contribution in [0.3, 0.4) is 0 Å². The second-order valence-corrected chi connectivity index (χ2v) is 46.4. The largest absolute Gasteiger partial charge is 0.456 e. The highest BCUT2D eigenvalue weighted by Crippen LogP contribution is 2.74. The molecule has 12 fully saturated rings. The number of fused-ring (bicyclic) bond motifs is 18. The lowest BCUT2D eigenvalue weighted by atomic mass is 9.43. The first-order valence-corrected chi connectivity index (χ1v) is 54.9. The third kappa shape index (κ3) is 13.0. The first kappa shape index (κ1) is 84.6. The summed E-state index contributed by atoms with van der Waals surface area (Å²) >= 11 is 1.87. The topological polar surface area (TPSA) is 22.9 Å². The molecule has 36 rings (SSSR count). The van der Waals surface area contributed by atoms with Crippen LogP contribution in [0, 0.1) is 71.0 Å². The number of hydrogen-bond donors (Lipinski definition) is 0. The van der Waals surface area contributed by atoms with Crippen LogP contribution >= 0.6 is 11.3 Å². The Hall–Kier alpha value is -14.9. The Morgan fingerprint density at radius 2 is 0.476 bits per heavy atom. The number of furan rings is 1. The van der Waals surface area contributed by atoms with E-state index in [9.17, 15) is 0 Å². The zero-order valence-electron chi connectivity index (χ0n) is 81.7. The Kier molecular flexibility index (Phi) is 19.3. The Labute approximate surface area is 853 Å². The fourth-order valence-corrected chi connectivity index (χ4v) is 34.4. The van der Waals surface area contributed by atoms with Crippen LogP contribution in [-0.2, 0) is 16.2 Å². The number of rotatable bonds is 12. The molecule has 3 spiro atoms. The number of benzene rings is 19. The lowest BCUT2D eigenvalue weighted by Gasteiger charge is -2.61. The van der Waals surface area contributed by atoms with Crippen LogP contribution < -0.4 is 14.7 Å². The molecular formula is C140H113N3OS. The Morgan fingerprint density at radius 3 is 0.910 bits per heavy atom. The van der Waals surface area contributed by atoms with E-state index in [1.165, 1.54) is 233 Å². The van der Waals surface area contributed by atoms with Crippen LogP contribution in [0.5, 0.6) is 0 Å². The highest BCUT2D eigenvalue weighted by Gasteiger charge is 2.65. The van der Waals surface area contributed by atoms with Crippen LogP contribution in [0.4, 0.5) is 51.2 Å². The van der Waals surface area contributed by atoms with Crippen LogP contribution in [0.1, 0.15) is 130 Å². The van der Waals surface area contributed by atoms with Crippen LogP contribution in [0.2, 0.25) is 0 Å². The molecule has 12 saturated carbocycles. The molecule has 145 heavy (non-hydrogen) atoms. The van der Waals surface area contributed by atoms with Crippen molar-refractivity contribution in [3.63, 3.8) is 0 Å². The summed E-state index contributed by atoms with van der Waals surface area (Å²) in [7, 11) is 0. The third-order valence-electron chi connectivity index (χ3n) is 38.3. The summed E-state index contributed by atoms with van der Waals surface area (Å²) in [6.45, 7) is 0. The van der Waals surface area contributed by atoms with E-state index < -0.39 is 0 Å². The maximum Gasteiger partial charge on any atom is 0.135 e. The summed E-state index contributed by atoms with van der Waals surface area (Å²) in [5, 5.41) is 10.1. The fraction of sp³-hybridized carbons (Fsp3) is 0.214. The molecule has 15 aliphatic rings. The number of anilines is 9. The van der Waals surface area contributed by atoms with Gasteiger partial charge in [0.25, 0.3) is 0 Å². The van der Waals surface area contributed by atoms with Crippen molar-refractivity contribution in [3.05, 3.63) is 464 Å². The van der Waals surface area contributed by atoms with Gasteiger partial charge in [-0.1, -0.05) is 279 Å². The summed E-state index contributed by atoms with van der Waals surface area (Å²) in [4.78, 5) is 7.15. The van der Waals surface area contributed by atoms with E-state index in [1.807, 2.05) is 23.5 Å². The van der Waals surface area contributed by atoms with Crippen molar-refractivity contribution in [3.8, 4) is 66.8 Å². The summed E-state index contributed by atoms with van der Waals surface area (Å²) in [5.74, 6) is 10.4. The van der Waals surface area contributed by atoms with E-state index >= 15 is 0 Å². The van der Waals surface area contributed by atoms with Gasteiger partial charge in [-0.2, -0.15) is 0 Å². The third-order valence-corrected chi connectivity index (χ3v) is 39.5. The van der Waals surface area contributed by atoms with Gasteiger partial charge in [-0.3, -0.25) is 0 Å². The van der Waals surface area contributed by atoms with E-state index in [-0.39, 0.29) is 16.2 Å². The smallest absolute Gasteiger partial charge is 0.135 e.